The molecule has 3 nitrogen and oxygen atoms in total. The average Bonchev–Trinajstić information content (AvgIpc) is 3.86. The number of fused-ring (bicyclic) bond motifs is 6. The van der Waals surface area contributed by atoms with Crippen molar-refractivity contribution in [2.24, 2.45) is 0 Å². The lowest BCUT2D eigenvalue weighted by atomic mass is 9.92. The summed E-state index contributed by atoms with van der Waals surface area (Å²) in [6.07, 6.45) is 0. The zero-order valence-corrected chi connectivity index (χ0v) is 31.0. The van der Waals surface area contributed by atoms with Crippen molar-refractivity contribution in [1.82, 2.24) is 9.97 Å². The maximum absolute atomic E-state index is 6.76. The molecule has 262 valence electrons. The lowest BCUT2D eigenvalue weighted by molar-refractivity contribution is 0.670. The van der Waals surface area contributed by atoms with Crippen molar-refractivity contribution in [3.63, 3.8) is 0 Å². The van der Waals surface area contributed by atoms with Crippen LogP contribution in [0.1, 0.15) is 0 Å². The van der Waals surface area contributed by atoms with E-state index in [1.165, 1.54) is 31.3 Å². The fourth-order valence-corrected chi connectivity index (χ4v) is 9.26. The lowest BCUT2D eigenvalue weighted by Gasteiger charge is -2.13. The number of aromatic nitrogens is 2. The highest BCUT2D eigenvalue weighted by atomic mass is 32.1. The van der Waals surface area contributed by atoms with Gasteiger partial charge in [-0.1, -0.05) is 164 Å². The number of furan rings is 1. The molecule has 0 saturated carbocycles. The Morgan fingerprint density at radius 3 is 1.75 bits per heavy atom. The van der Waals surface area contributed by atoms with Gasteiger partial charge in [0.15, 0.2) is 5.82 Å². The Kier molecular flexibility index (Phi) is 7.68. The molecule has 3 aromatic heterocycles. The smallest absolute Gasteiger partial charge is 0.160 e. The fourth-order valence-electron chi connectivity index (χ4n) is 8.12. The van der Waals surface area contributed by atoms with E-state index in [9.17, 15) is 0 Å². The highest BCUT2D eigenvalue weighted by Crippen LogP contribution is 2.46. The number of benzene rings is 8. The molecule has 0 fully saturated rings. The quantitative estimate of drug-likeness (QED) is 0.171. The van der Waals surface area contributed by atoms with Gasteiger partial charge in [0.25, 0.3) is 0 Å². The van der Waals surface area contributed by atoms with E-state index in [1.807, 2.05) is 41.7 Å². The summed E-state index contributed by atoms with van der Waals surface area (Å²) in [7, 11) is 0. The number of thiophene rings is 1. The van der Waals surface area contributed by atoms with Crippen LogP contribution in [0.5, 0.6) is 0 Å². The third-order valence-electron chi connectivity index (χ3n) is 10.8. The standard InChI is InChI=1S/C52H32N2OS/c1-3-14-33(15-4-1)37-18-7-8-19-39(37)45-32-44(53-52(54-45)36-16-5-2-6-17-36)35-28-26-34(27-29-35)38-30-31-41(50-42-20-9-11-23-46(42)55-51(38)50)40-22-13-25-48-49(40)43-21-10-12-24-47(43)56-48/h1-32H. The maximum Gasteiger partial charge on any atom is 0.160 e. The minimum absolute atomic E-state index is 0.693. The van der Waals surface area contributed by atoms with Crippen molar-refractivity contribution in [2.45, 2.75) is 0 Å². The SMILES string of the molecule is c1ccc(-c2nc(-c3ccc(-c4ccc(-c5cccc6sc7ccccc7c56)c5c4oc4ccccc45)cc3)cc(-c3ccccc3-c3ccccc3)n2)cc1. The summed E-state index contributed by atoms with van der Waals surface area (Å²) >= 11 is 1.85. The van der Waals surface area contributed by atoms with Gasteiger partial charge in [-0.15, -0.1) is 11.3 Å². The fraction of sp³-hybridized carbons (Fsp3) is 0. The van der Waals surface area contributed by atoms with E-state index in [0.29, 0.717) is 5.82 Å². The van der Waals surface area contributed by atoms with Crippen LogP contribution in [0.15, 0.2) is 199 Å². The molecule has 3 heterocycles. The van der Waals surface area contributed by atoms with E-state index < -0.39 is 0 Å². The lowest BCUT2D eigenvalue weighted by Crippen LogP contribution is -1.97. The zero-order chi connectivity index (χ0) is 37.0. The Labute approximate surface area is 327 Å². The second-order valence-corrected chi connectivity index (χ2v) is 15.1. The van der Waals surface area contributed by atoms with Gasteiger partial charge in [0.2, 0.25) is 0 Å². The van der Waals surface area contributed by atoms with Gasteiger partial charge in [-0.25, -0.2) is 9.97 Å². The Balaban J connectivity index is 1.05. The van der Waals surface area contributed by atoms with Crippen LogP contribution in [0.4, 0.5) is 0 Å². The molecule has 0 amide bonds. The highest BCUT2D eigenvalue weighted by molar-refractivity contribution is 7.25. The van der Waals surface area contributed by atoms with E-state index in [4.69, 9.17) is 14.4 Å². The van der Waals surface area contributed by atoms with Crippen molar-refractivity contribution in [1.29, 1.82) is 0 Å². The molecule has 11 aromatic rings. The first-order valence-corrected chi connectivity index (χ1v) is 19.6. The van der Waals surface area contributed by atoms with Crippen molar-refractivity contribution in [3.05, 3.63) is 194 Å². The monoisotopic (exact) mass is 732 g/mol. The minimum Gasteiger partial charge on any atom is -0.455 e. The Morgan fingerprint density at radius 1 is 0.357 bits per heavy atom. The molecule has 11 rings (SSSR count). The van der Waals surface area contributed by atoms with Crippen molar-refractivity contribution < 1.29 is 4.42 Å². The molecule has 0 unspecified atom stereocenters. The molecular formula is C52H32N2OS. The third kappa shape index (κ3) is 5.42. The van der Waals surface area contributed by atoms with Gasteiger partial charge in [0, 0.05) is 53.2 Å². The van der Waals surface area contributed by atoms with Crippen molar-refractivity contribution in [3.8, 4) is 67.3 Å². The summed E-state index contributed by atoms with van der Waals surface area (Å²) in [5, 5.41) is 4.83. The van der Waals surface area contributed by atoms with Crippen LogP contribution in [0.25, 0.3) is 109 Å². The van der Waals surface area contributed by atoms with Gasteiger partial charge in [-0.2, -0.15) is 0 Å². The van der Waals surface area contributed by atoms with Crippen LogP contribution in [-0.2, 0) is 0 Å². The predicted octanol–water partition coefficient (Wildman–Crippen LogP) is 14.7. The summed E-state index contributed by atoms with van der Waals surface area (Å²) in [5.41, 5.74) is 13.4. The topological polar surface area (TPSA) is 38.9 Å². The minimum atomic E-state index is 0.693. The first-order valence-electron chi connectivity index (χ1n) is 18.8. The average molecular weight is 733 g/mol. The van der Waals surface area contributed by atoms with Gasteiger partial charge < -0.3 is 4.42 Å². The Morgan fingerprint density at radius 2 is 0.929 bits per heavy atom. The van der Waals surface area contributed by atoms with Crippen LogP contribution < -0.4 is 0 Å². The number of hydrogen-bond donors (Lipinski definition) is 0. The van der Waals surface area contributed by atoms with Crippen LogP contribution in [0.3, 0.4) is 0 Å². The van der Waals surface area contributed by atoms with Gasteiger partial charge in [-0.05, 0) is 58.1 Å². The molecule has 0 aliphatic carbocycles. The Bertz CT molecular complexity index is 3240. The number of rotatable bonds is 6. The molecule has 0 aliphatic rings. The summed E-state index contributed by atoms with van der Waals surface area (Å²) in [6.45, 7) is 0. The summed E-state index contributed by atoms with van der Waals surface area (Å²) in [4.78, 5) is 10.3. The van der Waals surface area contributed by atoms with Gasteiger partial charge >= 0.3 is 0 Å². The van der Waals surface area contributed by atoms with Gasteiger partial charge in [0.05, 0.1) is 11.4 Å². The van der Waals surface area contributed by atoms with E-state index in [1.54, 1.807) is 0 Å². The molecule has 0 N–H and O–H groups in total. The molecule has 0 saturated heterocycles. The maximum atomic E-state index is 6.76. The molecule has 4 heteroatoms. The third-order valence-corrected chi connectivity index (χ3v) is 11.9. The van der Waals surface area contributed by atoms with E-state index in [2.05, 4.69) is 164 Å². The largest absolute Gasteiger partial charge is 0.455 e. The predicted molar refractivity (Wildman–Crippen MR) is 235 cm³/mol. The van der Waals surface area contributed by atoms with Crippen LogP contribution in [-0.4, -0.2) is 9.97 Å². The number of nitrogens with zero attached hydrogens (tertiary/aromatic N) is 2. The molecule has 0 spiro atoms. The highest BCUT2D eigenvalue weighted by Gasteiger charge is 2.20. The van der Waals surface area contributed by atoms with Crippen molar-refractivity contribution >= 4 is 53.4 Å². The molecule has 0 atom stereocenters. The van der Waals surface area contributed by atoms with Crippen molar-refractivity contribution in [2.75, 3.05) is 0 Å². The second-order valence-electron chi connectivity index (χ2n) is 14.1. The molecule has 8 aromatic carbocycles. The molecule has 0 bridgehead atoms. The summed E-state index contributed by atoms with van der Waals surface area (Å²) in [6, 6.07) is 68.3. The molecule has 56 heavy (non-hydrogen) atoms. The zero-order valence-electron chi connectivity index (χ0n) is 30.2. The first kappa shape index (κ1) is 32.3. The molecule has 0 radical (unpaired) electrons. The second kappa shape index (κ2) is 13.3. The molecular weight excluding hydrogens is 701 g/mol. The normalized spacial score (nSPS) is 11.6. The first-order chi connectivity index (χ1) is 27.8. The van der Waals surface area contributed by atoms with Crippen LogP contribution in [0, 0.1) is 0 Å². The van der Waals surface area contributed by atoms with Gasteiger partial charge in [0.1, 0.15) is 11.2 Å². The van der Waals surface area contributed by atoms with E-state index in [-0.39, 0.29) is 0 Å². The number of hydrogen-bond acceptors (Lipinski definition) is 4. The van der Waals surface area contributed by atoms with Crippen LogP contribution in [0.2, 0.25) is 0 Å². The number of para-hydroxylation sites is 1. The van der Waals surface area contributed by atoms with Gasteiger partial charge in [-0.3, -0.25) is 0 Å². The van der Waals surface area contributed by atoms with E-state index in [0.717, 1.165) is 72.3 Å². The molecule has 0 aliphatic heterocycles. The Hall–Kier alpha value is -7.14. The van der Waals surface area contributed by atoms with E-state index >= 15 is 0 Å². The summed E-state index contributed by atoms with van der Waals surface area (Å²) in [5.74, 6) is 0.693. The van der Waals surface area contributed by atoms with Crippen LogP contribution >= 0.6 is 11.3 Å². The summed E-state index contributed by atoms with van der Waals surface area (Å²) < 4.78 is 9.34.